The van der Waals surface area contributed by atoms with Gasteiger partial charge in [-0.1, -0.05) is 19.9 Å². The Balaban J connectivity index is 2.12. The van der Waals surface area contributed by atoms with E-state index in [4.69, 9.17) is 0 Å². The fraction of sp³-hybridized carbons (Fsp3) is 0.500. The van der Waals surface area contributed by atoms with Crippen molar-refractivity contribution in [2.45, 2.75) is 46.1 Å². The minimum absolute atomic E-state index is 0.611. The van der Waals surface area contributed by atoms with Gasteiger partial charge in [-0.2, -0.15) is 0 Å². The molecule has 0 spiro atoms. The van der Waals surface area contributed by atoms with Gasteiger partial charge < -0.3 is 10.1 Å². The number of aliphatic hydroxyl groups is 1. The second kappa shape index (κ2) is 5.75. The molecule has 2 N–H and O–H groups in total. The fourth-order valence-electron chi connectivity index (χ4n) is 2.13. The van der Waals surface area contributed by atoms with Crippen LogP contribution in [0, 0.1) is 5.92 Å². The molecule has 0 amide bonds. The minimum atomic E-state index is -0.915. The van der Waals surface area contributed by atoms with Crippen LogP contribution in [0.4, 0.5) is 0 Å². The van der Waals surface area contributed by atoms with Crippen molar-refractivity contribution in [2.24, 2.45) is 5.92 Å². The number of H-pyrrole nitrogens is 1. The molecule has 2 heterocycles. The first-order valence-corrected chi connectivity index (χ1v) is 7.06. The third-order valence-corrected chi connectivity index (χ3v) is 3.09. The summed E-state index contributed by atoms with van der Waals surface area (Å²) in [7, 11) is 0. The molecule has 0 aliphatic carbocycles. The van der Waals surface area contributed by atoms with Crippen molar-refractivity contribution in [3.8, 4) is 0 Å². The van der Waals surface area contributed by atoms with Gasteiger partial charge in [0, 0.05) is 24.0 Å². The Morgan fingerprint density at radius 1 is 1.30 bits per heavy atom. The summed E-state index contributed by atoms with van der Waals surface area (Å²) < 4.78 is 0. The van der Waals surface area contributed by atoms with E-state index >= 15 is 0 Å². The molecule has 0 saturated carbocycles. The van der Waals surface area contributed by atoms with Gasteiger partial charge in [0.25, 0.3) is 0 Å². The molecule has 0 fully saturated rings. The topological polar surface area (TPSA) is 61.8 Å². The summed E-state index contributed by atoms with van der Waals surface area (Å²) >= 11 is 0. The first-order valence-electron chi connectivity index (χ1n) is 7.06. The van der Waals surface area contributed by atoms with Crippen molar-refractivity contribution >= 4 is 0 Å². The third-order valence-electron chi connectivity index (χ3n) is 3.09. The molecular weight excluding hydrogens is 250 g/mol. The van der Waals surface area contributed by atoms with E-state index in [1.807, 2.05) is 24.4 Å². The Labute approximate surface area is 120 Å². The van der Waals surface area contributed by atoms with E-state index in [9.17, 15) is 5.11 Å². The lowest BCUT2D eigenvalue weighted by Gasteiger charge is -2.16. The molecule has 0 bridgehead atoms. The van der Waals surface area contributed by atoms with Crippen LogP contribution in [0.2, 0.25) is 0 Å². The van der Waals surface area contributed by atoms with Crippen molar-refractivity contribution in [1.29, 1.82) is 0 Å². The lowest BCUT2D eigenvalue weighted by Crippen LogP contribution is -2.18. The number of imidazole rings is 1. The number of aromatic amines is 1. The summed E-state index contributed by atoms with van der Waals surface area (Å²) in [6.45, 7) is 7.86. The van der Waals surface area contributed by atoms with Crippen molar-refractivity contribution < 1.29 is 5.11 Å². The lowest BCUT2D eigenvalue weighted by atomic mass is 10.0. The van der Waals surface area contributed by atoms with Crippen LogP contribution in [0.3, 0.4) is 0 Å². The molecule has 0 aliphatic rings. The van der Waals surface area contributed by atoms with E-state index in [-0.39, 0.29) is 0 Å². The number of hydrogen-bond donors (Lipinski definition) is 2. The second-order valence-electron chi connectivity index (χ2n) is 6.20. The molecule has 2 rings (SSSR count). The van der Waals surface area contributed by atoms with Gasteiger partial charge >= 0.3 is 0 Å². The molecule has 20 heavy (non-hydrogen) atoms. The average Bonchev–Trinajstić information content (AvgIpc) is 2.75. The Bertz CT molecular complexity index is 567. The predicted octanol–water partition coefficient (Wildman–Crippen LogP) is 2.82. The first-order chi connectivity index (χ1) is 9.34. The zero-order chi connectivity index (χ0) is 14.8. The van der Waals surface area contributed by atoms with E-state index in [0.717, 1.165) is 23.6 Å². The maximum absolute atomic E-state index is 10.00. The van der Waals surface area contributed by atoms with Gasteiger partial charge in [0.2, 0.25) is 0 Å². The maximum Gasteiger partial charge on any atom is 0.112 e. The van der Waals surface area contributed by atoms with Crippen molar-refractivity contribution in [3.63, 3.8) is 0 Å². The molecule has 4 nitrogen and oxygen atoms in total. The molecule has 2 aromatic rings. The Kier molecular flexibility index (Phi) is 4.23. The van der Waals surface area contributed by atoms with Gasteiger partial charge in [0.15, 0.2) is 0 Å². The van der Waals surface area contributed by atoms with Crippen LogP contribution >= 0.6 is 0 Å². The second-order valence-corrected chi connectivity index (χ2v) is 6.20. The highest BCUT2D eigenvalue weighted by Gasteiger charge is 2.17. The summed E-state index contributed by atoms with van der Waals surface area (Å²) in [4.78, 5) is 12.2. The maximum atomic E-state index is 10.00. The Morgan fingerprint density at radius 3 is 2.70 bits per heavy atom. The molecule has 0 atom stereocenters. The normalized spacial score (nSPS) is 12.1. The lowest BCUT2D eigenvalue weighted by molar-refractivity contribution is 0.0736. The minimum Gasteiger partial charge on any atom is -0.384 e. The van der Waals surface area contributed by atoms with Crippen molar-refractivity contribution in [1.82, 2.24) is 15.0 Å². The zero-order valence-corrected chi connectivity index (χ0v) is 12.6. The molecule has 0 aromatic carbocycles. The van der Waals surface area contributed by atoms with Crippen LogP contribution in [0.25, 0.3) is 0 Å². The number of hydrogen-bond acceptors (Lipinski definition) is 3. The summed E-state index contributed by atoms with van der Waals surface area (Å²) in [5.74, 6) is 1.53. The number of nitrogens with one attached hydrogen (secondary N) is 1. The average molecular weight is 273 g/mol. The van der Waals surface area contributed by atoms with Gasteiger partial charge in [-0.3, -0.25) is 4.98 Å². The van der Waals surface area contributed by atoms with Gasteiger partial charge in [-0.05, 0) is 38.3 Å². The first kappa shape index (κ1) is 14.7. The molecular formula is C16H23N3O. The summed E-state index contributed by atoms with van der Waals surface area (Å²) in [6.07, 6.45) is 3.56. The largest absolute Gasteiger partial charge is 0.384 e. The Morgan fingerprint density at radius 2 is 2.05 bits per heavy atom. The molecule has 0 unspecified atom stereocenters. The number of rotatable bonds is 5. The number of nitrogens with zero attached hydrogens (tertiary/aromatic N) is 2. The highest BCUT2D eigenvalue weighted by atomic mass is 16.3. The van der Waals surface area contributed by atoms with Gasteiger partial charge in [0.05, 0.1) is 5.69 Å². The number of aromatic nitrogens is 3. The third kappa shape index (κ3) is 3.90. The molecule has 0 aliphatic heterocycles. The molecule has 0 saturated heterocycles. The predicted molar refractivity (Wildman–Crippen MR) is 79.4 cm³/mol. The van der Waals surface area contributed by atoms with Gasteiger partial charge in [0.1, 0.15) is 11.4 Å². The van der Waals surface area contributed by atoms with Crippen LogP contribution in [-0.2, 0) is 18.4 Å². The Hall–Kier alpha value is -1.68. The molecule has 2 aromatic heterocycles. The zero-order valence-electron chi connectivity index (χ0n) is 12.6. The SMILES string of the molecule is CC(C)Cc1cnc(Cc2cccc(C(C)(C)O)n2)[nH]1. The number of pyridine rings is 1. The van der Waals surface area contributed by atoms with Crippen LogP contribution in [0.15, 0.2) is 24.4 Å². The summed E-state index contributed by atoms with van der Waals surface area (Å²) in [5.41, 5.74) is 1.84. The standard InChI is InChI=1S/C16H23N3O/c1-11(2)8-13-10-17-15(19-13)9-12-6-5-7-14(18-12)16(3,4)20/h5-7,10-11,20H,8-9H2,1-4H3,(H,17,19). The van der Waals surface area contributed by atoms with Crippen molar-refractivity contribution in [2.75, 3.05) is 0 Å². The highest BCUT2D eigenvalue weighted by Crippen LogP contribution is 2.18. The van der Waals surface area contributed by atoms with Crippen LogP contribution in [0.5, 0.6) is 0 Å². The molecule has 4 heteroatoms. The fourth-order valence-corrected chi connectivity index (χ4v) is 2.13. The molecule has 108 valence electrons. The smallest absolute Gasteiger partial charge is 0.112 e. The monoisotopic (exact) mass is 273 g/mol. The summed E-state index contributed by atoms with van der Waals surface area (Å²) in [5, 5.41) is 10.00. The molecule has 0 radical (unpaired) electrons. The van der Waals surface area contributed by atoms with Crippen LogP contribution in [0.1, 0.15) is 50.6 Å². The van der Waals surface area contributed by atoms with E-state index in [2.05, 4.69) is 28.8 Å². The van der Waals surface area contributed by atoms with E-state index < -0.39 is 5.60 Å². The van der Waals surface area contributed by atoms with Crippen LogP contribution < -0.4 is 0 Å². The van der Waals surface area contributed by atoms with E-state index in [1.165, 1.54) is 0 Å². The van der Waals surface area contributed by atoms with E-state index in [1.54, 1.807) is 13.8 Å². The van der Waals surface area contributed by atoms with Gasteiger partial charge in [-0.25, -0.2) is 4.98 Å². The van der Waals surface area contributed by atoms with Gasteiger partial charge in [-0.15, -0.1) is 0 Å². The highest BCUT2D eigenvalue weighted by molar-refractivity contribution is 5.19. The van der Waals surface area contributed by atoms with Crippen LogP contribution in [-0.4, -0.2) is 20.1 Å². The van der Waals surface area contributed by atoms with Crippen molar-refractivity contribution in [3.05, 3.63) is 47.3 Å². The quantitative estimate of drug-likeness (QED) is 0.880. The summed E-state index contributed by atoms with van der Waals surface area (Å²) in [6, 6.07) is 5.73. The van der Waals surface area contributed by atoms with E-state index in [0.29, 0.717) is 18.0 Å².